The second-order valence-electron chi connectivity index (χ2n) is 6.75. The van der Waals surface area contributed by atoms with E-state index in [0.29, 0.717) is 12.6 Å². The molecule has 1 saturated heterocycles. The molecule has 0 saturated carbocycles. The third-order valence-corrected chi connectivity index (χ3v) is 5.24. The molecule has 0 spiro atoms. The standard InChI is InChI=1S/C19H23ClN6/c20-15-3-1-4-18(11-15)25-8-2-5-19(25)14-24-9-6-17(7-10-24)26-13-16(12-21)22-23-26/h1-5,8,11,13,17H,6-7,9-10,12,14,21H2. The molecule has 7 heteroatoms. The fourth-order valence-electron chi connectivity index (χ4n) is 3.58. The first-order valence-electron chi connectivity index (χ1n) is 8.98. The van der Waals surface area contributed by atoms with E-state index in [9.17, 15) is 0 Å². The first-order valence-corrected chi connectivity index (χ1v) is 9.36. The molecule has 0 unspecified atom stereocenters. The minimum absolute atomic E-state index is 0.416. The number of hydrogen-bond donors (Lipinski definition) is 1. The molecule has 2 N–H and O–H groups in total. The van der Waals surface area contributed by atoms with Crippen molar-refractivity contribution in [1.29, 1.82) is 0 Å². The molecule has 0 amide bonds. The van der Waals surface area contributed by atoms with E-state index in [0.717, 1.165) is 48.9 Å². The van der Waals surface area contributed by atoms with E-state index in [1.165, 1.54) is 5.69 Å². The highest BCUT2D eigenvalue weighted by Gasteiger charge is 2.22. The number of rotatable bonds is 5. The lowest BCUT2D eigenvalue weighted by Gasteiger charge is -2.32. The smallest absolute Gasteiger partial charge is 0.0962 e. The number of likely N-dealkylation sites (tertiary alicyclic amines) is 1. The minimum atomic E-state index is 0.416. The molecule has 1 fully saturated rings. The second kappa shape index (κ2) is 7.61. The van der Waals surface area contributed by atoms with Crippen molar-refractivity contribution in [3.8, 4) is 5.69 Å². The quantitative estimate of drug-likeness (QED) is 0.749. The summed E-state index contributed by atoms with van der Waals surface area (Å²) in [4.78, 5) is 2.49. The fraction of sp³-hybridized carbons (Fsp3) is 0.368. The zero-order valence-corrected chi connectivity index (χ0v) is 15.4. The van der Waals surface area contributed by atoms with Crippen LogP contribution in [0.3, 0.4) is 0 Å². The van der Waals surface area contributed by atoms with Crippen LogP contribution in [-0.2, 0) is 13.1 Å². The monoisotopic (exact) mass is 370 g/mol. The number of benzene rings is 1. The van der Waals surface area contributed by atoms with Crippen LogP contribution in [0, 0.1) is 0 Å². The van der Waals surface area contributed by atoms with Crippen molar-refractivity contribution in [1.82, 2.24) is 24.5 Å². The molecule has 26 heavy (non-hydrogen) atoms. The molecule has 0 radical (unpaired) electrons. The van der Waals surface area contributed by atoms with Gasteiger partial charge in [-0.15, -0.1) is 5.10 Å². The largest absolute Gasteiger partial charge is 0.325 e. The highest BCUT2D eigenvalue weighted by Crippen LogP contribution is 2.24. The molecular weight excluding hydrogens is 348 g/mol. The fourth-order valence-corrected chi connectivity index (χ4v) is 3.76. The van der Waals surface area contributed by atoms with E-state index in [1.54, 1.807) is 0 Å². The van der Waals surface area contributed by atoms with E-state index in [-0.39, 0.29) is 0 Å². The maximum Gasteiger partial charge on any atom is 0.0962 e. The number of piperidine rings is 1. The molecule has 2 aromatic heterocycles. The molecule has 1 aliphatic rings. The van der Waals surface area contributed by atoms with Gasteiger partial charge in [0.2, 0.25) is 0 Å². The summed E-state index contributed by atoms with van der Waals surface area (Å²) in [6.45, 7) is 3.46. The molecule has 1 aliphatic heterocycles. The highest BCUT2D eigenvalue weighted by molar-refractivity contribution is 6.30. The molecule has 0 aliphatic carbocycles. The Morgan fingerprint density at radius 3 is 2.73 bits per heavy atom. The summed E-state index contributed by atoms with van der Waals surface area (Å²) in [5, 5.41) is 9.08. The van der Waals surface area contributed by atoms with Crippen molar-refractivity contribution < 1.29 is 0 Å². The van der Waals surface area contributed by atoms with Gasteiger partial charge >= 0.3 is 0 Å². The van der Waals surface area contributed by atoms with E-state index in [4.69, 9.17) is 17.3 Å². The van der Waals surface area contributed by atoms with Gasteiger partial charge in [-0.2, -0.15) is 0 Å². The molecule has 3 aromatic rings. The number of nitrogens with zero attached hydrogens (tertiary/aromatic N) is 5. The van der Waals surface area contributed by atoms with E-state index >= 15 is 0 Å². The summed E-state index contributed by atoms with van der Waals surface area (Å²) >= 11 is 6.15. The third-order valence-electron chi connectivity index (χ3n) is 5.00. The molecule has 136 valence electrons. The second-order valence-corrected chi connectivity index (χ2v) is 7.19. The van der Waals surface area contributed by atoms with Gasteiger partial charge in [-0.05, 0) is 43.2 Å². The summed E-state index contributed by atoms with van der Waals surface area (Å²) in [5.74, 6) is 0. The Bertz CT molecular complexity index is 862. The first-order chi connectivity index (χ1) is 12.7. The van der Waals surface area contributed by atoms with Crippen LogP contribution in [0.4, 0.5) is 0 Å². The third kappa shape index (κ3) is 3.67. The predicted molar refractivity (Wildman–Crippen MR) is 102 cm³/mol. The average molecular weight is 371 g/mol. The zero-order chi connectivity index (χ0) is 17.9. The summed E-state index contributed by atoms with van der Waals surface area (Å²) in [7, 11) is 0. The molecule has 6 nitrogen and oxygen atoms in total. The Morgan fingerprint density at radius 1 is 1.15 bits per heavy atom. The zero-order valence-electron chi connectivity index (χ0n) is 14.6. The molecule has 4 rings (SSSR count). The van der Waals surface area contributed by atoms with Crippen LogP contribution in [-0.4, -0.2) is 37.6 Å². The maximum atomic E-state index is 6.15. The Morgan fingerprint density at radius 2 is 2.00 bits per heavy atom. The summed E-state index contributed by atoms with van der Waals surface area (Å²) in [6, 6.07) is 12.7. The number of aromatic nitrogens is 4. The van der Waals surface area contributed by atoms with Crippen LogP contribution in [0.15, 0.2) is 48.8 Å². The lowest BCUT2D eigenvalue weighted by Crippen LogP contribution is -2.34. The SMILES string of the molecule is NCc1cn(C2CCN(Cc3cccn3-c3cccc(Cl)c3)CC2)nn1. The van der Waals surface area contributed by atoms with E-state index < -0.39 is 0 Å². The topological polar surface area (TPSA) is 64.9 Å². The van der Waals surface area contributed by atoms with Gasteiger partial charge in [0, 0.05) is 48.8 Å². The Hall–Kier alpha value is -2.15. The van der Waals surface area contributed by atoms with Gasteiger partial charge in [-0.25, -0.2) is 4.68 Å². The Kier molecular flexibility index (Phi) is 5.06. The van der Waals surface area contributed by atoms with Crippen molar-refractivity contribution in [3.63, 3.8) is 0 Å². The van der Waals surface area contributed by atoms with E-state index in [2.05, 4.69) is 44.2 Å². The summed E-state index contributed by atoms with van der Waals surface area (Å²) in [6.07, 6.45) is 6.22. The van der Waals surface area contributed by atoms with Crippen molar-refractivity contribution in [2.45, 2.75) is 32.0 Å². The summed E-state index contributed by atoms with van der Waals surface area (Å²) in [5.41, 5.74) is 8.86. The van der Waals surface area contributed by atoms with Gasteiger partial charge in [0.05, 0.1) is 17.9 Å². The van der Waals surface area contributed by atoms with Crippen LogP contribution in [0.5, 0.6) is 0 Å². The lowest BCUT2D eigenvalue weighted by molar-refractivity contribution is 0.170. The van der Waals surface area contributed by atoms with Crippen molar-refractivity contribution >= 4 is 11.6 Å². The first kappa shape index (κ1) is 17.3. The number of hydrogen-bond acceptors (Lipinski definition) is 4. The van der Waals surface area contributed by atoms with Gasteiger partial charge in [-0.1, -0.05) is 22.9 Å². The van der Waals surface area contributed by atoms with E-state index in [1.807, 2.05) is 29.1 Å². The average Bonchev–Trinajstić information content (AvgIpc) is 3.32. The molecular formula is C19H23ClN6. The number of nitrogens with two attached hydrogens (primary N) is 1. The van der Waals surface area contributed by atoms with Crippen LogP contribution in [0.1, 0.15) is 30.3 Å². The van der Waals surface area contributed by atoms with Gasteiger partial charge in [0.25, 0.3) is 0 Å². The van der Waals surface area contributed by atoms with Crippen molar-refractivity contribution in [2.75, 3.05) is 13.1 Å². The Balaban J connectivity index is 1.40. The normalized spacial score (nSPS) is 16.2. The van der Waals surface area contributed by atoms with Crippen molar-refractivity contribution in [2.24, 2.45) is 5.73 Å². The Labute approximate surface area is 158 Å². The molecule has 3 heterocycles. The van der Waals surface area contributed by atoms with Crippen LogP contribution in [0.2, 0.25) is 5.02 Å². The predicted octanol–water partition coefficient (Wildman–Crippen LogP) is 3.02. The van der Waals surface area contributed by atoms with Crippen LogP contribution < -0.4 is 5.73 Å². The van der Waals surface area contributed by atoms with Crippen LogP contribution in [0.25, 0.3) is 5.69 Å². The lowest BCUT2D eigenvalue weighted by atomic mass is 10.1. The summed E-state index contributed by atoms with van der Waals surface area (Å²) < 4.78 is 4.19. The minimum Gasteiger partial charge on any atom is -0.325 e. The van der Waals surface area contributed by atoms with Gasteiger partial charge in [0.1, 0.15) is 0 Å². The van der Waals surface area contributed by atoms with Gasteiger partial charge in [-0.3, -0.25) is 4.90 Å². The molecule has 1 aromatic carbocycles. The maximum absolute atomic E-state index is 6.15. The van der Waals surface area contributed by atoms with Gasteiger partial charge < -0.3 is 10.3 Å². The van der Waals surface area contributed by atoms with Crippen molar-refractivity contribution in [3.05, 3.63) is 65.2 Å². The molecule has 0 bridgehead atoms. The highest BCUT2D eigenvalue weighted by atomic mass is 35.5. The number of halogens is 1. The van der Waals surface area contributed by atoms with Crippen LogP contribution >= 0.6 is 11.6 Å². The molecule has 0 atom stereocenters. The van der Waals surface area contributed by atoms with Gasteiger partial charge in [0.15, 0.2) is 0 Å².